The first kappa shape index (κ1) is 11.1. The lowest BCUT2D eigenvalue weighted by Crippen LogP contribution is -1.79. The minimum absolute atomic E-state index is 0. The van der Waals surface area contributed by atoms with Crippen molar-refractivity contribution in [3.63, 3.8) is 0 Å². The van der Waals surface area contributed by atoms with Crippen LogP contribution in [0.4, 0.5) is 5.69 Å². The van der Waals surface area contributed by atoms with Crippen LogP contribution < -0.4 is 11.9 Å². The van der Waals surface area contributed by atoms with Gasteiger partial charge in [0.2, 0.25) is 0 Å². The molecule has 52 valence electrons. The van der Waals surface area contributed by atoms with Gasteiger partial charge in [0.05, 0.1) is 0 Å². The molecule has 1 aromatic carbocycles. The number of rotatable bonds is 0. The first-order valence-electron chi connectivity index (χ1n) is 2.20. The molecule has 0 heterocycles. The van der Waals surface area contributed by atoms with Crippen LogP contribution in [0.15, 0.2) is 30.3 Å². The number of nitrogens with two attached hydrogens (primary N) is 1. The Morgan fingerprint density at radius 2 is 1.44 bits per heavy atom. The second-order valence-corrected chi connectivity index (χ2v) is 1.41. The Hall–Kier alpha value is -0.730. The van der Waals surface area contributed by atoms with E-state index in [4.69, 9.17) is 5.73 Å². The van der Waals surface area contributed by atoms with Crippen LogP contribution in [0, 0.1) is 0 Å². The molecular formula is C6H11ClN2. The summed E-state index contributed by atoms with van der Waals surface area (Å²) in [7, 11) is 0. The summed E-state index contributed by atoms with van der Waals surface area (Å²) in [6, 6.07) is 9.49. The van der Waals surface area contributed by atoms with Gasteiger partial charge < -0.3 is 11.9 Å². The van der Waals surface area contributed by atoms with Crippen molar-refractivity contribution in [3.05, 3.63) is 30.3 Å². The number of anilines is 1. The Bertz CT molecular complexity index is 141. The van der Waals surface area contributed by atoms with Crippen molar-refractivity contribution in [3.8, 4) is 0 Å². The number of para-hydroxylation sites is 1. The predicted molar refractivity (Wildman–Crippen MR) is 43.1 cm³/mol. The van der Waals surface area contributed by atoms with E-state index in [-0.39, 0.29) is 18.6 Å². The van der Waals surface area contributed by atoms with E-state index in [1.807, 2.05) is 30.3 Å². The Morgan fingerprint density at radius 3 is 1.67 bits per heavy atom. The van der Waals surface area contributed by atoms with Gasteiger partial charge in [0.25, 0.3) is 0 Å². The molecule has 0 aliphatic carbocycles. The fourth-order valence-corrected chi connectivity index (χ4v) is 0.453. The van der Waals surface area contributed by atoms with Gasteiger partial charge in [-0.1, -0.05) is 18.2 Å². The summed E-state index contributed by atoms with van der Waals surface area (Å²) < 4.78 is 0. The molecule has 0 aromatic heterocycles. The number of hydrogen-bond donors (Lipinski definition) is 2. The summed E-state index contributed by atoms with van der Waals surface area (Å²) >= 11 is 0. The monoisotopic (exact) mass is 146 g/mol. The second-order valence-electron chi connectivity index (χ2n) is 1.41. The smallest absolute Gasteiger partial charge is 0.0313 e. The highest BCUT2D eigenvalue weighted by Crippen LogP contribution is 1.95. The fraction of sp³-hybridized carbons (Fsp3) is 0. The molecule has 9 heavy (non-hydrogen) atoms. The third kappa shape index (κ3) is 3.82. The molecule has 0 fully saturated rings. The maximum absolute atomic E-state index is 5.36. The first-order valence-corrected chi connectivity index (χ1v) is 2.20. The second kappa shape index (κ2) is 5.41. The van der Waals surface area contributed by atoms with Crippen molar-refractivity contribution >= 4 is 18.1 Å². The maximum Gasteiger partial charge on any atom is 0.0313 e. The van der Waals surface area contributed by atoms with E-state index < -0.39 is 0 Å². The van der Waals surface area contributed by atoms with E-state index in [9.17, 15) is 0 Å². The molecule has 0 spiro atoms. The molecule has 3 heteroatoms. The molecule has 5 N–H and O–H groups in total. The standard InChI is InChI=1S/C6H7N.ClH.H3N/c7-6-4-2-1-3-5-6;;/h1-5H,7H2;1H;1H3. The minimum Gasteiger partial charge on any atom is -0.399 e. The van der Waals surface area contributed by atoms with Crippen molar-refractivity contribution in [2.24, 2.45) is 0 Å². The molecule has 2 nitrogen and oxygen atoms in total. The van der Waals surface area contributed by atoms with Crippen LogP contribution in [0.3, 0.4) is 0 Å². The number of nitrogen functional groups attached to an aromatic ring is 1. The Balaban J connectivity index is 0. The SMILES string of the molecule is Cl.N.Nc1ccccc1. The summed E-state index contributed by atoms with van der Waals surface area (Å²) in [5, 5.41) is 0. The van der Waals surface area contributed by atoms with Crippen LogP contribution in [0.1, 0.15) is 0 Å². The van der Waals surface area contributed by atoms with E-state index in [2.05, 4.69) is 0 Å². The Kier molecular flexibility index (Phi) is 6.68. The average Bonchev–Trinajstić information content (AvgIpc) is 1.69. The van der Waals surface area contributed by atoms with Gasteiger partial charge in [-0.15, -0.1) is 12.4 Å². The van der Waals surface area contributed by atoms with Crippen LogP contribution in [0.2, 0.25) is 0 Å². The van der Waals surface area contributed by atoms with E-state index >= 15 is 0 Å². The predicted octanol–water partition coefficient (Wildman–Crippen LogP) is 1.85. The molecule has 0 aliphatic heterocycles. The van der Waals surface area contributed by atoms with Crippen molar-refractivity contribution in [2.75, 3.05) is 5.73 Å². The van der Waals surface area contributed by atoms with Crippen molar-refractivity contribution in [1.82, 2.24) is 6.15 Å². The van der Waals surface area contributed by atoms with Crippen LogP contribution in [-0.2, 0) is 0 Å². The lowest BCUT2D eigenvalue weighted by Gasteiger charge is -1.83. The zero-order chi connectivity index (χ0) is 5.11. The highest BCUT2D eigenvalue weighted by atomic mass is 35.5. The van der Waals surface area contributed by atoms with Gasteiger partial charge in [-0.3, -0.25) is 0 Å². The van der Waals surface area contributed by atoms with Crippen LogP contribution in [0.5, 0.6) is 0 Å². The van der Waals surface area contributed by atoms with Crippen LogP contribution >= 0.6 is 12.4 Å². The maximum atomic E-state index is 5.36. The van der Waals surface area contributed by atoms with Crippen LogP contribution in [0.25, 0.3) is 0 Å². The summed E-state index contributed by atoms with van der Waals surface area (Å²) in [4.78, 5) is 0. The summed E-state index contributed by atoms with van der Waals surface area (Å²) in [5.41, 5.74) is 6.18. The molecule has 0 radical (unpaired) electrons. The molecule has 0 amide bonds. The molecule has 0 bridgehead atoms. The zero-order valence-corrected chi connectivity index (χ0v) is 5.90. The van der Waals surface area contributed by atoms with Gasteiger partial charge in [-0.25, -0.2) is 0 Å². The van der Waals surface area contributed by atoms with E-state index in [1.165, 1.54) is 0 Å². The summed E-state index contributed by atoms with van der Waals surface area (Å²) in [6.07, 6.45) is 0. The first-order chi connectivity index (χ1) is 3.39. The largest absolute Gasteiger partial charge is 0.399 e. The lowest BCUT2D eigenvalue weighted by molar-refractivity contribution is 1.69. The summed E-state index contributed by atoms with van der Waals surface area (Å²) in [6.45, 7) is 0. The van der Waals surface area contributed by atoms with E-state index in [0.29, 0.717) is 0 Å². The molecule has 0 saturated heterocycles. The highest BCUT2D eigenvalue weighted by molar-refractivity contribution is 5.85. The van der Waals surface area contributed by atoms with Gasteiger partial charge in [0, 0.05) is 5.69 Å². The molecule has 0 saturated carbocycles. The van der Waals surface area contributed by atoms with Gasteiger partial charge >= 0.3 is 0 Å². The number of halogens is 1. The quantitative estimate of drug-likeness (QED) is 0.549. The number of benzene rings is 1. The third-order valence-corrected chi connectivity index (χ3v) is 0.800. The van der Waals surface area contributed by atoms with Gasteiger partial charge in [-0.2, -0.15) is 0 Å². The Morgan fingerprint density at radius 1 is 1.00 bits per heavy atom. The Labute approximate surface area is 61.1 Å². The lowest BCUT2D eigenvalue weighted by atomic mass is 10.3. The van der Waals surface area contributed by atoms with Gasteiger partial charge in [-0.05, 0) is 12.1 Å². The third-order valence-electron chi connectivity index (χ3n) is 0.800. The van der Waals surface area contributed by atoms with Gasteiger partial charge in [0.15, 0.2) is 0 Å². The highest BCUT2D eigenvalue weighted by Gasteiger charge is 1.72. The summed E-state index contributed by atoms with van der Waals surface area (Å²) in [5.74, 6) is 0. The molecule has 0 aliphatic rings. The number of hydrogen-bond acceptors (Lipinski definition) is 2. The van der Waals surface area contributed by atoms with Crippen molar-refractivity contribution in [1.29, 1.82) is 0 Å². The van der Waals surface area contributed by atoms with Crippen molar-refractivity contribution < 1.29 is 0 Å². The van der Waals surface area contributed by atoms with E-state index in [0.717, 1.165) is 5.69 Å². The molecular weight excluding hydrogens is 136 g/mol. The van der Waals surface area contributed by atoms with E-state index in [1.54, 1.807) is 0 Å². The molecule has 1 rings (SSSR count). The van der Waals surface area contributed by atoms with Gasteiger partial charge in [0.1, 0.15) is 0 Å². The normalized spacial score (nSPS) is 6.67. The zero-order valence-electron chi connectivity index (χ0n) is 5.08. The average molecular weight is 147 g/mol. The minimum atomic E-state index is 0. The van der Waals surface area contributed by atoms with Crippen LogP contribution in [-0.4, -0.2) is 0 Å². The molecule has 0 atom stereocenters. The fourth-order valence-electron chi connectivity index (χ4n) is 0.453. The van der Waals surface area contributed by atoms with Crippen molar-refractivity contribution in [2.45, 2.75) is 0 Å². The molecule has 0 unspecified atom stereocenters. The topological polar surface area (TPSA) is 61.0 Å². The molecule has 1 aromatic rings.